The lowest BCUT2D eigenvalue weighted by atomic mass is 10.0. The third-order valence-electron chi connectivity index (χ3n) is 5.69. The second-order valence-electron chi connectivity index (χ2n) is 8.01. The van der Waals surface area contributed by atoms with Gasteiger partial charge in [-0.1, -0.05) is 24.3 Å². The first kappa shape index (κ1) is 22.4. The van der Waals surface area contributed by atoms with Crippen LogP contribution in [-0.2, 0) is 22.2 Å². The zero-order valence-corrected chi connectivity index (χ0v) is 17.2. The zero-order chi connectivity index (χ0) is 23.8. The van der Waals surface area contributed by atoms with E-state index in [1.807, 2.05) is 0 Å². The van der Waals surface area contributed by atoms with Gasteiger partial charge in [0, 0.05) is 13.0 Å². The molecule has 4 rings (SSSR count). The summed E-state index contributed by atoms with van der Waals surface area (Å²) in [5.41, 5.74) is -0.613. The second kappa shape index (κ2) is 8.64. The van der Waals surface area contributed by atoms with Gasteiger partial charge in [-0.05, 0) is 36.2 Å². The van der Waals surface area contributed by atoms with Crippen LogP contribution in [0.15, 0.2) is 48.5 Å². The van der Waals surface area contributed by atoms with Crippen LogP contribution in [0, 0.1) is 0 Å². The first-order valence-corrected chi connectivity index (χ1v) is 10.2. The summed E-state index contributed by atoms with van der Waals surface area (Å²) in [6.07, 6.45) is -4.24. The average molecular weight is 462 g/mol. The summed E-state index contributed by atoms with van der Waals surface area (Å²) in [7, 11) is 0. The molecule has 0 spiro atoms. The number of hydrogen-bond donors (Lipinski definition) is 4. The number of nitrogens with zero attached hydrogens (tertiary/aromatic N) is 1. The van der Waals surface area contributed by atoms with Crippen molar-refractivity contribution < 1.29 is 32.7 Å². The molecule has 33 heavy (non-hydrogen) atoms. The highest BCUT2D eigenvalue weighted by molar-refractivity contribution is 5.98. The molecule has 0 aromatic heterocycles. The monoisotopic (exact) mass is 462 g/mol. The van der Waals surface area contributed by atoms with E-state index in [0.717, 1.165) is 17.7 Å². The van der Waals surface area contributed by atoms with Crippen molar-refractivity contribution in [1.82, 2.24) is 15.5 Å². The molecule has 0 aliphatic carbocycles. The van der Waals surface area contributed by atoms with Gasteiger partial charge in [-0.2, -0.15) is 13.2 Å². The van der Waals surface area contributed by atoms with Crippen molar-refractivity contribution in [3.05, 3.63) is 59.7 Å². The molecule has 0 radical (unpaired) electrons. The van der Waals surface area contributed by atoms with Gasteiger partial charge in [-0.3, -0.25) is 9.59 Å². The van der Waals surface area contributed by atoms with E-state index >= 15 is 0 Å². The van der Waals surface area contributed by atoms with E-state index in [-0.39, 0.29) is 42.6 Å². The van der Waals surface area contributed by atoms with Gasteiger partial charge in [0.1, 0.15) is 17.8 Å². The maximum Gasteiger partial charge on any atom is 0.418 e. The van der Waals surface area contributed by atoms with Gasteiger partial charge >= 0.3 is 12.2 Å². The number of piperazine rings is 1. The lowest BCUT2D eigenvalue weighted by Crippen LogP contribution is -2.61. The minimum absolute atomic E-state index is 0.0668. The molecule has 11 heteroatoms. The van der Waals surface area contributed by atoms with Crippen LogP contribution in [0.3, 0.4) is 0 Å². The van der Waals surface area contributed by atoms with Gasteiger partial charge in [-0.25, -0.2) is 4.79 Å². The van der Waals surface area contributed by atoms with Crippen LogP contribution < -0.4 is 16.0 Å². The SMILES string of the molecule is O=C(Nc1ccccc1C(F)(F)F)N[C@H]1C[C@H]2C(=O)N[C@H](Cc3ccc(O)cc3)C(=O)N2C1. The maximum absolute atomic E-state index is 13.1. The van der Waals surface area contributed by atoms with E-state index in [1.54, 1.807) is 12.1 Å². The van der Waals surface area contributed by atoms with Crippen molar-refractivity contribution in [1.29, 1.82) is 0 Å². The van der Waals surface area contributed by atoms with Crippen LogP contribution in [0.1, 0.15) is 17.5 Å². The van der Waals surface area contributed by atoms with E-state index in [1.165, 1.54) is 29.2 Å². The highest BCUT2D eigenvalue weighted by Gasteiger charge is 2.46. The normalized spacial score (nSPS) is 22.5. The molecule has 2 heterocycles. The molecule has 2 saturated heterocycles. The van der Waals surface area contributed by atoms with Crippen LogP contribution in [0.25, 0.3) is 0 Å². The number of fused-ring (bicyclic) bond motifs is 1. The highest BCUT2D eigenvalue weighted by atomic mass is 19.4. The number of urea groups is 1. The lowest BCUT2D eigenvalue weighted by Gasteiger charge is -2.34. The van der Waals surface area contributed by atoms with Crippen molar-refractivity contribution in [3.63, 3.8) is 0 Å². The molecular weight excluding hydrogens is 441 g/mol. The number of nitrogens with one attached hydrogen (secondary N) is 3. The minimum Gasteiger partial charge on any atom is -0.508 e. The Morgan fingerprint density at radius 1 is 1.12 bits per heavy atom. The van der Waals surface area contributed by atoms with E-state index < -0.39 is 35.9 Å². The number of rotatable bonds is 4. The number of hydrogen-bond acceptors (Lipinski definition) is 4. The Labute approximate surface area is 186 Å². The van der Waals surface area contributed by atoms with Crippen molar-refractivity contribution in [2.75, 3.05) is 11.9 Å². The van der Waals surface area contributed by atoms with Gasteiger partial charge < -0.3 is 26.0 Å². The summed E-state index contributed by atoms with van der Waals surface area (Å²) in [5.74, 6) is -0.576. The third-order valence-corrected chi connectivity index (χ3v) is 5.69. The summed E-state index contributed by atoms with van der Waals surface area (Å²) in [4.78, 5) is 39.2. The summed E-state index contributed by atoms with van der Waals surface area (Å²) in [6, 6.07) is 7.87. The van der Waals surface area contributed by atoms with Gasteiger partial charge in [0.2, 0.25) is 11.8 Å². The molecule has 4 amide bonds. The molecule has 2 aromatic rings. The van der Waals surface area contributed by atoms with Crippen LogP contribution >= 0.6 is 0 Å². The summed E-state index contributed by atoms with van der Waals surface area (Å²) in [5, 5.41) is 16.8. The molecule has 3 atom stereocenters. The largest absolute Gasteiger partial charge is 0.508 e. The van der Waals surface area contributed by atoms with Gasteiger partial charge in [0.05, 0.1) is 17.3 Å². The van der Waals surface area contributed by atoms with Crippen molar-refractivity contribution in [2.45, 2.75) is 37.1 Å². The number of anilines is 1. The van der Waals surface area contributed by atoms with Gasteiger partial charge in [-0.15, -0.1) is 0 Å². The first-order valence-electron chi connectivity index (χ1n) is 10.2. The van der Waals surface area contributed by atoms with E-state index in [4.69, 9.17) is 0 Å². The molecule has 2 aliphatic rings. The number of para-hydroxylation sites is 1. The Morgan fingerprint density at radius 3 is 2.52 bits per heavy atom. The van der Waals surface area contributed by atoms with Crippen LogP contribution in [0.4, 0.5) is 23.7 Å². The molecule has 0 saturated carbocycles. The molecule has 2 aromatic carbocycles. The Hall–Kier alpha value is -3.76. The van der Waals surface area contributed by atoms with Gasteiger partial charge in [0.15, 0.2) is 0 Å². The number of carbonyl (C=O) groups is 3. The Kier molecular flexibility index (Phi) is 5.88. The number of carbonyl (C=O) groups excluding carboxylic acids is 3. The maximum atomic E-state index is 13.1. The number of alkyl halides is 3. The number of aromatic hydroxyl groups is 1. The second-order valence-corrected chi connectivity index (χ2v) is 8.01. The minimum atomic E-state index is -4.63. The quantitative estimate of drug-likeness (QED) is 0.559. The van der Waals surface area contributed by atoms with E-state index in [0.29, 0.717) is 0 Å². The lowest BCUT2D eigenvalue weighted by molar-refractivity contribution is -0.147. The van der Waals surface area contributed by atoms with Crippen LogP contribution in [0.5, 0.6) is 5.75 Å². The number of benzene rings is 2. The van der Waals surface area contributed by atoms with Crippen molar-refractivity contribution in [2.24, 2.45) is 0 Å². The van der Waals surface area contributed by atoms with E-state index in [2.05, 4.69) is 16.0 Å². The fourth-order valence-electron chi connectivity index (χ4n) is 4.15. The van der Waals surface area contributed by atoms with Gasteiger partial charge in [0.25, 0.3) is 0 Å². The Morgan fingerprint density at radius 2 is 1.82 bits per heavy atom. The molecule has 2 fully saturated rings. The number of halogens is 3. The fraction of sp³-hybridized carbons (Fsp3) is 0.318. The Bertz CT molecular complexity index is 1070. The molecular formula is C22H21F3N4O4. The third kappa shape index (κ3) is 4.86. The zero-order valence-electron chi connectivity index (χ0n) is 17.2. The molecule has 2 aliphatic heterocycles. The number of amides is 4. The molecule has 8 nitrogen and oxygen atoms in total. The first-order chi connectivity index (χ1) is 15.6. The van der Waals surface area contributed by atoms with Crippen LogP contribution in [-0.4, -0.2) is 52.5 Å². The fourth-order valence-corrected chi connectivity index (χ4v) is 4.15. The molecule has 174 valence electrons. The summed E-state index contributed by atoms with van der Waals surface area (Å²) in [6.45, 7) is 0.0668. The predicted molar refractivity (Wildman–Crippen MR) is 111 cm³/mol. The van der Waals surface area contributed by atoms with Crippen molar-refractivity contribution in [3.8, 4) is 5.75 Å². The molecule has 0 bridgehead atoms. The smallest absolute Gasteiger partial charge is 0.418 e. The Balaban J connectivity index is 1.39. The molecule has 4 N–H and O–H groups in total. The summed E-state index contributed by atoms with van der Waals surface area (Å²) < 4.78 is 39.4. The summed E-state index contributed by atoms with van der Waals surface area (Å²) >= 11 is 0. The highest BCUT2D eigenvalue weighted by Crippen LogP contribution is 2.34. The predicted octanol–water partition coefficient (Wildman–Crippen LogP) is 2.24. The van der Waals surface area contributed by atoms with E-state index in [9.17, 15) is 32.7 Å². The molecule has 0 unspecified atom stereocenters. The number of phenolic OH excluding ortho intramolecular Hbond substituents is 1. The van der Waals surface area contributed by atoms with Crippen molar-refractivity contribution >= 4 is 23.5 Å². The average Bonchev–Trinajstić information content (AvgIpc) is 3.17. The van der Waals surface area contributed by atoms with Crippen LogP contribution in [0.2, 0.25) is 0 Å². The number of phenols is 1. The standard InChI is InChI=1S/C22H21F3N4O4/c23-22(24,25)15-3-1-2-4-16(15)28-21(33)26-13-10-18-19(31)27-17(20(32)29(18)11-13)9-12-5-7-14(30)8-6-12/h1-8,13,17-18,30H,9-11H2,(H,27,31)(H2,26,28,33)/t13-,17+,18-/m0/s1. The topological polar surface area (TPSA) is 111 Å².